The van der Waals surface area contributed by atoms with Crippen molar-refractivity contribution in [1.82, 2.24) is 19.5 Å². The van der Waals surface area contributed by atoms with Crippen LogP contribution in [-0.2, 0) is 0 Å². The Morgan fingerprint density at radius 3 is 1.70 bits per heavy atom. The Morgan fingerprint density at radius 1 is 0.404 bits per heavy atom. The van der Waals surface area contributed by atoms with E-state index in [1.54, 1.807) is 11.3 Å². The second-order valence-corrected chi connectivity index (χ2v) is 15.5. The second kappa shape index (κ2) is 12.6. The van der Waals surface area contributed by atoms with Crippen LogP contribution < -0.4 is 0 Å². The van der Waals surface area contributed by atoms with E-state index in [1.807, 2.05) is 30.3 Å². The predicted octanol–water partition coefficient (Wildman–Crippen LogP) is 13.9. The first-order valence-corrected chi connectivity index (χ1v) is 19.8. The molecule has 8 aromatic carbocycles. The summed E-state index contributed by atoms with van der Waals surface area (Å²) >= 11 is 1.80. The fraction of sp³-hybridized carbons (Fsp3) is 0. The molecule has 0 bridgehead atoms. The van der Waals surface area contributed by atoms with Gasteiger partial charge in [-0.3, -0.25) is 0 Å². The molecule has 5 nitrogen and oxygen atoms in total. The fourth-order valence-corrected chi connectivity index (χ4v) is 9.63. The smallest absolute Gasteiger partial charge is 0.164 e. The van der Waals surface area contributed by atoms with Crippen LogP contribution in [0.25, 0.3) is 115 Å². The Labute approximate surface area is 330 Å². The number of nitrogens with zero attached hydrogens (tertiary/aromatic N) is 4. The lowest BCUT2D eigenvalue weighted by Gasteiger charge is -2.09. The Kier molecular flexibility index (Phi) is 7.03. The van der Waals surface area contributed by atoms with Crippen LogP contribution in [-0.4, -0.2) is 19.5 Å². The molecule has 0 fully saturated rings. The number of thiophene rings is 1. The molecule has 0 saturated heterocycles. The molecule has 0 radical (unpaired) electrons. The van der Waals surface area contributed by atoms with Crippen molar-refractivity contribution in [3.05, 3.63) is 182 Å². The molecule has 4 heterocycles. The number of fused-ring (bicyclic) bond motifs is 9. The van der Waals surface area contributed by atoms with Gasteiger partial charge in [0.25, 0.3) is 0 Å². The van der Waals surface area contributed by atoms with Crippen LogP contribution in [0.3, 0.4) is 0 Å². The van der Waals surface area contributed by atoms with Gasteiger partial charge in [-0.15, -0.1) is 11.3 Å². The zero-order valence-electron chi connectivity index (χ0n) is 30.4. The van der Waals surface area contributed by atoms with E-state index in [4.69, 9.17) is 19.4 Å². The molecular formula is C51H30N4OS. The van der Waals surface area contributed by atoms with E-state index in [2.05, 4.69) is 156 Å². The first kappa shape index (κ1) is 31.9. The maximum atomic E-state index is 6.83. The SMILES string of the molecule is c1ccc(-c2nc(-c3ccc4c(c3)oc3c(-n5c6ccccc6c6ccccc65)cccc34)nc(-c3ccc4c(c3)sc3cccc(-c5ccccc5)c34)n2)cc1. The highest BCUT2D eigenvalue weighted by molar-refractivity contribution is 7.26. The van der Waals surface area contributed by atoms with Gasteiger partial charge in [0.15, 0.2) is 23.1 Å². The van der Waals surface area contributed by atoms with Crippen LogP contribution in [0.15, 0.2) is 186 Å². The minimum atomic E-state index is 0.589. The maximum Gasteiger partial charge on any atom is 0.164 e. The molecule has 0 aliphatic rings. The number of hydrogen-bond acceptors (Lipinski definition) is 5. The molecule has 12 rings (SSSR count). The fourth-order valence-electron chi connectivity index (χ4n) is 8.45. The van der Waals surface area contributed by atoms with E-state index in [0.29, 0.717) is 17.5 Å². The van der Waals surface area contributed by atoms with Crippen molar-refractivity contribution in [1.29, 1.82) is 0 Å². The normalized spacial score (nSPS) is 11.9. The first-order chi connectivity index (χ1) is 28.2. The molecule has 0 spiro atoms. The molecule has 6 heteroatoms. The summed E-state index contributed by atoms with van der Waals surface area (Å²) in [4.78, 5) is 15.3. The topological polar surface area (TPSA) is 56.7 Å². The molecule has 266 valence electrons. The largest absolute Gasteiger partial charge is 0.454 e. The van der Waals surface area contributed by atoms with Crippen molar-refractivity contribution >= 4 is 75.3 Å². The summed E-state index contributed by atoms with van der Waals surface area (Å²) in [6, 6.07) is 63.7. The van der Waals surface area contributed by atoms with Gasteiger partial charge in [0, 0.05) is 58.4 Å². The Hall–Kier alpha value is -7.41. The van der Waals surface area contributed by atoms with E-state index in [-0.39, 0.29) is 0 Å². The number of aromatic nitrogens is 4. The quantitative estimate of drug-likeness (QED) is 0.176. The van der Waals surface area contributed by atoms with Crippen LogP contribution in [0.1, 0.15) is 0 Å². The van der Waals surface area contributed by atoms with Gasteiger partial charge in [-0.25, -0.2) is 15.0 Å². The van der Waals surface area contributed by atoms with Gasteiger partial charge in [-0.1, -0.05) is 140 Å². The van der Waals surface area contributed by atoms with E-state index in [1.165, 1.54) is 42.1 Å². The molecule has 0 aliphatic heterocycles. The van der Waals surface area contributed by atoms with Crippen molar-refractivity contribution in [3.63, 3.8) is 0 Å². The highest BCUT2D eigenvalue weighted by Crippen LogP contribution is 2.42. The molecule has 12 aromatic rings. The summed E-state index contributed by atoms with van der Waals surface area (Å²) in [7, 11) is 0. The molecule has 0 unspecified atom stereocenters. The minimum Gasteiger partial charge on any atom is -0.454 e. The monoisotopic (exact) mass is 746 g/mol. The average molecular weight is 747 g/mol. The highest BCUT2D eigenvalue weighted by Gasteiger charge is 2.20. The Morgan fingerprint density at radius 2 is 0.982 bits per heavy atom. The third-order valence-corrected chi connectivity index (χ3v) is 12.2. The van der Waals surface area contributed by atoms with E-state index in [0.717, 1.165) is 55.3 Å². The van der Waals surface area contributed by atoms with Crippen molar-refractivity contribution in [2.45, 2.75) is 0 Å². The third-order valence-electron chi connectivity index (χ3n) is 11.1. The lowest BCUT2D eigenvalue weighted by molar-refractivity contribution is 0.666. The number of rotatable bonds is 5. The highest BCUT2D eigenvalue weighted by atomic mass is 32.1. The standard InChI is InChI=1S/C51H30N4OS/c1-3-13-31(14-4-1)35-19-12-24-45-47(35)40-28-26-34(30-46(40)57-45)51-53-49(32-15-5-2-6-16-32)52-50(54-51)33-25-27-38-39-20-11-23-43(48(39)56-44(38)29-33)55-41-21-9-7-17-36(41)37-18-8-10-22-42(37)55/h1-30H. The van der Waals surface area contributed by atoms with E-state index < -0.39 is 0 Å². The van der Waals surface area contributed by atoms with Crippen LogP contribution in [0.2, 0.25) is 0 Å². The van der Waals surface area contributed by atoms with Crippen LogP contribution in [0.4, 0.5) is 0 Å². The van der Waals surface area contributed by atoms with Crippen molar-refractivity contribution in [2.24, 2.45) is 0 Å². The van der Waals surface area contributed by atoms with Gasteiger partial charge in [-0.05, 0) is 53.6 Å². The summed E-state index contributed by atoms with van der Waals surface area (Å²) < 4.78 is 11.6. The molecule has 0 amide bonds. The summed E-state index contributed by atoms with van der Waals surface area (Å²) in [5.74, 6) is 1.84. The van der Waals surface area contributed by atoms with Gasteiger partial charge < -0.3 is 8.98 Å². The number of hydrogen-bond donors (Lipinski definition) is 0. The van der Waals surface area contributed by atoms with Crippen molar-refractivity contribution < 1.29 is 4.42 Å². The van der Waals surface area contributed by atoms with Gasteiger partial charge in [0.2, 0.25) is 0 Å². The van der Waals surface area contributed by atoms with Gasteiger partial charge >= 0.3 is 0 Å². The molecule has 0 aliphatic carbocycles. The summed E-state index contributed by atoms with van der Waals surface area (Å²) in [5, 5.41) is 7.03. The number of para-hydroxylation sites is 3. The van der Waals surface area contributed by atoms with Crippen LogP contribution >= 0.6 is 11.3 Å². The van der Waals surface area contributed by atoms with E-state index >= 15 is 0 Å². The minimum absolute atomic E-state index is 0.589. The van der Waals surface area contributed by atoms with Crippen molar-refractivity contribution in [2.75, 3.05) is 0 Å². The summed E-state index contributed by atoms with van der Waals surface area (Å²) in [6.07, 6.45) is 0. The summed E-state index contributed by atoms with van der Waals surface area (Å²) in [5.41, 5.74) is 10.1. The Bertz CT molecular complexity index is 3470. The number of benzene rings is 8. The molecule has 4 aromatic heterocycles. The maximum absolute atomic E-state index is 6.83. The van der Waals surface area contributed by atoms with Gasteiger partial charge in [0.1, 0.15) is 5.58 Å². The Balaban J connectivity index is 1.02. The van der Waals surface area contributed by atoms with Crippen LogP contribution in [0, 0.1) is 0 Å². The molecular weight excluding hydrogens is 717 g/mol. The van der Waals surface area contributed by atoms with Gasteiger partial charge in [-0.2, -0.15) is 0 Å². The lowest BCUT2D eigenvalue weighted by Crippen LogP contribution is -2.00. The zero-order chi connectivity index (χ0) is 37.5. The molecule has 0 N–H and O–H groups in total. The molecule has 0 saturated carbocycles. The summed E-state index contributed by atoms with van der Waals surface area (Å²) in [6.45, 7) is 0. The predicted molar refractivity (Wildman–Crippen MR) is 236 cm³/mol. The van der Waals surface area contributed by atoms with Gasteiger partial charge in [0.05, 0.1) is 16.7 Å². The van der Waals surface area contributed by atoms with Crippen molar-refractivity contribution in [3.8, 4) is 51.0 Å². The molecule has 57 heavy (non-hydrogen) atoms. The second-order valence-electron chi connectivity index (χ2n) is 14.4. The zero-order valence-corrected chi connectivity index (χ0v) is 31.2. The number of furan rings is 1. The first-order valence-electron chi connectivity index (χ1n) is 19.0. The average Bonchev–Trinajstić information content (AvgIpc) is 3.96. The third kappa shape index (κ3) is 5.04. The molecule has 0 atom stereocenters. The van der Waals surface area contributed by atoms with E-state index in [9.17, 15) is 0 Å². The van der Waals surface area contributed by atoms with Crippen LogP contribution in [0.5, 0.6) is 0 Å². The lowest BCUT2D eigenvalue weighted by atomic mass is 9.99.